The highest BCUT2D eigenvalue weighted by atomic mass is 16.2. The maximum absolute atomic E-state index is 12.9. The van der Waals surface area contributed by atoms with E-state index in [0.29, 0.717) is 13.1 Å². The zero-order chi connectivity index (χ0) is 20.8. The average Bonchev–Trinajstić information content (AvgIpc) is 3.35. The van der Waals surface area contributed by atoms with E-state index < -0.39 is 0 Å². The minimum absolute atomic E-state index is 0.0952. The summed E-state index contributed by atoms with van der Waals surface area (Å²) in [4.78, 5) is 44.1. The fourth-order valence-electron chi connectivity index (χ4n) is 5.69. The van der Waals surface area contributed by atoms with Crippen LogP contribution in [-0.4, -0.2) is 65.1 Å². The van der Waals surface area contributed by atoms with E-state index in [1.165, 1.54) is 16.0 Å². The molecule has 2 aliphatic heterocycles. The highest BCUT2D eigenvalue weighted by molar-refractivity contribution is 6.08. The lowest BCUT2D eigenvalue weighted by Gasteiger charge is -2.24. The van der Waals surface area contributed by atoms with Gasteiger partial charge in [0, 0.05) is 32.7 Å². The Kier molecular flexibility index (Phi) is 4.97. The van der Waals surface area contributed by atoms with Gasteiger partial charge in [-0.15, -0.1) is 0 Å². The van der Waals surface area contributed by atoms with Crippen molar-refractivity contribution in [2.24, 2.45) is 23.7 Å². The van der Waals surface area contributed by atoms with Crippen LogP contribution in [-0.2, 0) is 20.9 Å². The SMILES string of the molecule is Cc1ccc(CN2CCCN(C(=O)CN3C(=O)C4C5C=CC(C5)C4C3=O)CC2)cc1. The number of allylic oxidation sites excluding steroid dienone is 2. The normalized spacial score (nSPS) is 30.8. The first kappa shape index (κ1) is 19.5. The summed E-state index contributed by atoms with van der Waals surface area (Å²) >= 11 is 0. The van der Waals surface area contributed by atoms with Crippen molar-refractivity contribution in [3.05, 3.63) is 47.5 Å². The van der Waals surface area contributed by atoms with Crippen molar-refractivity contribution >= 4 is 17.7 Å². The van der Waals surface area contributed by atoms with Gasteiger partial charge in [0.15, 0.2) is 0 Å². The number of amides is 3. The van der Waals surface area contributed by atoms with Gasteiger partial charge in [0.25, 0.3) is 0 Å². The van der Waals surface area contributed by atoms with Gasteiger partial charge in [0.2, 0.25) is 17.7 Å². The molecule has 6 heteroatoms. The molecule has 5 rings (SSSR count). The number of fused-ring (bicyclic) bond motifs is 5. The summed E-state index contributed by atoms with van der Waals surface area (Å²) in [6.07, 6.45) is 5.98. The smallest absolute Gasteiger partial charge is 0.242 e. The van der Waals surface area contributed by atoms with Gasteiger partial charge in [0.05, 0.1) is 11.8 Å². The minimum atomic E-state index is -0.227. The van der Waals surface area contributed by atoms with Gasteiger partial charge >= 0.3 is 0 Å². The van der Waals surface area contributed by atoms with Crippen LogP contribution in [0.1, 0.15) is 24.0 Å². The average molecular weight is 408 g/mol. The Labute approximate surface area is 177 Å². The molecule has 6 nitrogen and oxygen atoms in total. The van der Waals surface area contributed by atoms with Crippen LogP contribution in [0.5, 0.6) is 0 Å². The Bertz CT molecular complexity index is 863. The number of hydrogen-bond acceptors (Lipinski definition) is 4. The van der Waals surface area contributed by atoms with Crippen LogP contribution in [0.2, 0.25) is 0 Å². The second-order valence-electron chi connectivity index (χ2n) is 9.26. The lowest BCUT2D eigenvalue weighted by molar-refractivity contribution is -0.147. The van der Waals surface area contributed by atoms with Crippen LogP contribution in [0.25, 0.3) is 0 Å². The number of imide groups is 1. The summed E-state index contributed by atoms with van der Waals surface area (Å²) in [6, 6.07) is 8.58. The highest BCUT2D eigenvalue weighted by Crippen LogP contribution is 2.52. The third-order valence-corrected chi connectivity index (χ3v) is 7.32. The van der Waals surface area contributed by atoms with Crippen molar-refractivity contribution in [2.75, 3.05) is 32.7 Å². The summed E-state index contributed by atoms with van der Waals surface area (Å²) in [5.74, 6) is -0.454. The van der Waals surface area contributed by atoms with E-state index in [-0.39, 0.29) is 47.9 Å². The van der Waals surface area contributed by atoms with Crippen molar-refractivity contribution in [3.63, 3.8) is 0 Å². The van der Waals surface area contributed by atoms with E-state index in [1.54, 1.807) is 0 Å². The quantitative estimate of drug-likeness (QED) is 0.565. The van der Waals surface area contributed by atoms with Crippen molar-refractivity contribution in [2.45, 2.75) is 26.3 Å². The molecule has 1 aromatic rings. The van der Waals surface area contributed by atoms with E-state index in [0.717, 1.165) is 32.5 Å². The molecule has 1 saturated carbocycles. The number of aryl methyl sites for hydroxylation is 1. The molecule has 2 bridgehead atoms. The number of nitrogens with zero attached hydrogens (tertiary/aromatic N) is 3. The number of carbonyl (C=O) groups excluding carboxylic acids is 3. The maximum atomic E-state index is 12.9. The first-order valence-electron chi connectivity index (χ1n) is 11.1. The van der Waals surface area contributed by atoms with Crippen LogP contribution >= 0.6 is 0 Å². The van der Waals surface area contributed by atoms with Gasteiger partial charge < -0.3 is 4.90 Å². The van der Waals surface area contributed by atoms with Gasteiger partial charge in [-0.25, -0.2) is 0 Å². The monoisotopic (exact) mass is 407 g/mol. The molecule has 2 saturated heterocycles. The van der Waals surface area contributed by atoms with Crippen LogP contribution in [0.3, 0.4) is 0 Å². The lowest BCUT2D eigenvalue weighted by Crippen LogP contribution is -2.45. The molecule has 0 spiro atoms. The standard InChI is InChI=1S/C24H29N3O3/c1-16-3-5-17(6-4-16)14-25-9-2-10-26(12-11-25)20(28)15-27-23(29)21-18-7-8-19(13-18)22(21)24(27)30/h3-8,18-19,21-22H,2,9-15H2,1H3. The Hall–Kier alpha value is -2.47. The Balaban J connectivity index is 1.18. The Morgan fingerprint density at radius 1 is 0.933 bits per heavy atom. The minimum Gasteiger partial charge on any atom is -0.340 e. The van der Waals surface area contributed by atoms with Crippen molar-refractivity contribution in [1.82, 2.24) is 14.7 Å². The molecule has 2 aliphatic carbocycles. The number of likely N-dealkylation sites (tertiary alicyclic amines) is 1. The zero-order valence-corrected chi connectivity index (χ0v) is 17.5. The summed E-state index contributed by atoms with van der Waals surface area (Å²) in [7, 11) is 0. The van der Waals surface area contributed by atoms with E-state index in [9.17, 15) is 14.4 Å². The molecule has 3 amide bonds. The predicted octanol–water partition coefficient (Wildman–Crippen LogP) is 1.84. The molecule has 0 N–H and O–H groups in total. The largest absolute Gasteiger partial charge is 0.340 e. The zero-order valence-electron chi connectivity index (χ0n) is 17.5. The van der Waals surface area contributed by atoms with Gasteiger partial charge in [-0.05, 0) is 37.2 Å². The third kappa shape index (κ3) is 3.37. The second kappa shape index (κ2) is 7.65. The molecule has 2 heterocycles. The van der Waals surface area contributed by atoms with E-state index >= 15 is 0 Å². The third-order valence-electron chi connectivity index (χ3n) is 7.32. The molecular formula is C24H29N3O3. The number of hydrogen-bond donors (Lipinski definition) is 0. The molecular weight excluding hydrogens is 378 g/mol. The molecule has 30 heavy (non-hydrogen) atoms. The number of benzene rings is 1. The maximum Gasteiger partial charge on any atom is 0.242 e. The molecule has 1 aromatic carbocycles. The second-order valence-corrected chi connectivity index (χ2v) is 9.26. The summed E-state index contributed by atoms with van der Waals surface area (Å²) in [5, 5.41) is 0. The fraction of sp³-hybridized carbons (Fsp3) is 0.542. The Morgan fingerprint density at radius 2 is 1.60 bits per heavy atom. The lowest BCUT2D eigenvalue weighted by atomic mass is 9.85. The van der Waals surface area contributed by atoms with Crippen LogP contribution in [0.4, 0.5) is 0 Å². The molecule has 3 fully saturated rings. The van der Waals surface area contributed by atoms with Gasteiger partial charge in [0.1, 0.15) is 6.54 Å². The fourth-order valence-corrected chi connectivity index (χ4v) is 5.69. The molecule has 4 aliphatic rings. The van der Waals surface area contributed by atoms with Crippen molar-refractivity contribution < 1.29 is 14.4 Å². The van der Waals surface area contributed by atoms with Crippen LogP contribution in [0.15, 0.2) is 36.4 Å². The number of carbonyl (C=O) groups is 3. The van der Waals surface area contributed by atoms with E-state index in [2.05, 4.69) is 48.2 Å². The summed E-state index contributed by atoms with van der Waals surface area (Å²) < 4.78 is 0. The highest BCUT2D eigenvalue weighted by Gasteiger charge is 2.59. The molecule has 0 aromatic heterocycles. The van der Waals surface area contributed by atoms with Gasteiger partial charge in [-0.2, -0.15) is 0 Å². The predicted molar refractivity (Wildman–Crippen MR) is 112 cm³/mol. The number of rotatable bonds is 4. The van der Waals surface area contributed by atoms with Gasteiger partial charge in [-0.3, -0.25) is 24.2 Å². The Morgan fingerprint density at radius 3 is 2.27 bits per heavy atom. The summed E-state index contributed by atoms with van der Waals surface area (Å²) in [5.41, 5.74) is 2.54. The molecule has 158 valence electrons. The van der Waals surface area contributed by atoms with Crippen molar-refractivity contribution in [3.8, 4) is 0 Å². The van der Waals surface area contributed by atoms with E-state index in [4.69, 9.17) is 0 Å². The first-order valence-corrected chi connectivity index (χ1v) is 11.1. The summed E-state index contributed by atoms with van der Waals surface area (Å²) in [6.45, 7) is 5.94. The van der Waals surface area contributed by atoms with Gasteiger partial charge in [-0.1, -0.05) is 42.0 Å². The topological polar surface area (TPSA) is 60.9 Å². The van der Waals surface area contributed by atoms with E-state index in [1.807, 2.05) is 4.90 Å². The molecule has 4 atom stereocenters. The van der Waals surface area contributed by atoms with Crippen molar-refractivity contribution in [1.29, 1.82) is 0 Å². The van der Waals surface area contributed by atoms with Crippen LogP contribution < -0.4 is 0 Å². The molecule has 4 unspecified atom stereocenters. The first-order chi connectivity index (χ1) is 14.5. The van der Waals surface area contributed by atoms with Crippen LogP contribution in [0, 0.1) is 30.6 Å². The molecule has 0 radical (unpaired) electrons.